The molecule has 4 heteroatoms. The zero-order valence-corrected chi connectivity index (χ0v) is 14.8. The Bertz CT molecular complexity index is 471. The standard InChI is InChI=1S/C18H27ClO3/c1-13(2)8-6-5-7-11-21-18(20)15(4)22-17-10-9-16(19)12-14(17)3/h9-10,12-13,15H,5-8,11H2,1-4H3/t15-/m0/s1. The van der Waals surface area contributed by atoms with Gasteiger partial charge >= 0.3 is 5.97 Å². The molecule has 0 heterocycles. The van der Waals surface area contributed by atoms with Crippen LogP contribution in [-0.2, 0) is 9.53 Å². The molecule has 0 saturated heterocycles. The molecule has 1 atom stereocenters. The van der Waals surface area contributed by atoms with Crippen molar-refractivity contribution in [3.05, 3.63) is 28.8 Å². The molecule has 0 aromatic heterocycles. The van der Waals surface area contributed by atoms with Crippen molar-refractivity contribution in [2.45, 2.75) is 59.5 Å². The minimum Gasteiger partial charge on any atom is -0.479 e. The number of esters is 1. The molecule has 0 aliphatic carbocycles. The number of aryl methyl sites for hydroxylation is 1. The van der Waals surface area contributed by atoms with Gasteiger partial charge in [-0.1, -0.05) is 44.7 Å². The van der Waals surface area contributed by atoms with Crippen molar-refractivity contribution in [1.29, 1.82) is 0 Å². The maximum atomic E-state index is 11.9. The third-order valence-corrected chi connectivity index (χ3v) is 3.68. The van der Waals surface area contributed by atoms with Crippen LogP contribution in [0, 0.1) is 12.8 Å². The molecule has 0 N–H and O–H groups in total. The molecular weight excluding hydrogens is 300 g/mol. The third kappa shape index (κ3) is 7.17. The summed E-state index contributed by atoms with van der Waals surface area (Å²) in [5.41, 5.74) is 0.904. The fourth-order valence-corrected chi connectivity index (χ4v) is 2.33. The fourth-order valence-electron chi connectivity index (χ4n) is 2.11. The van der Waals surface area contributed by atoms with Crippen molar-refractivity contribution >= 4 is 17.6 Å². The quantitative estimate of drug-likeness (QED) is 0.463. The van der Waals surface area contributed by atoms with E-state index in [0.29, 0.717) is 17.4 Å². The first-order chi connectivity index (χ1) is 10.4. The molecule has 1 aromatic carbocycles. The summed E-state index contributed by atoms with van der Waals surface area (Å²) in [5.74, 6) is 1.07. The topological polar surface area (TPSA) is 35.5 Å². The summed E-state index contributed by atoms with van der Waals surface area (Å²) in [6.07, 6.45) is 3.80. The fraction of sp³-hybridized carbons (Fsp3) is 0.611. The predicted octanol–water partition coefficient (Wildman–Crippen LogP) is 5.18. The molecule has 0 saturated carbocycles. The molecule has 22 heavy (non-hydrogen) atoms. The molecule has 0 aliphatic heterocycles. The number of carbonyl (C=O) groups excluding carboxylic acids is 1. The van der Waals surface area contributed by atoms with Gasteiger partial charge in [-0.3, -0.25) is 0 Å². The van der Waals surface area contributed by atoms with Crippen LogP contribution >= 0.6 is 11.6 Å². The van der Waals surface area contributed by atoms with Gasteiger partial charge in [-0.2, -0.15) is 0 Å². The van der Waals surface area contributed by atoms with Crippen LogP contribution in [0.2, 0.25) is 5.02 Å². The maximum Gasteiger partial charge on any atom is 0.347 e. The SMILES string of the molecule is Cc1cc(Cl)ccc1O[C@@H](C)C(=O)OCCCCCC(C)C. The number of ether oxygens (including phenoxy) is 2. The average Bonchev–Trinajstić information content (AvgIpc) is 2.45. The van der Waals surface area contributed by atoms with E-state index in [-0.39, 0.29) is 5.97 Å². The van der Waals surface area contributed by atoms with Crippen LogP contribution in [0.3, 0.4) is 0 Å². The lowest BCUT2D eigenvalue weighted by Crippen LogP contribution is -2.26. The first-order valence-corrected chi connectivity index (χ1v) is 8.37. The summed E-state index contributed by atoms with van der Waals surface area (Å²) in [4.78, 5) is 11.9. The lowest BCUT2D eigenvalue weighted by atomic mass is 10.1. The highest BCUT2D eigenvalue weighted by Crippen LogP contribution is 2.23. The number of rotatable bonds is 9. The van der Waals surface area contributed by atoms with Crippen LogP contribution in [0.15, 0.2) is 18.2 Å². The van der Waals surface area contributed by atoms with Gasteiger partial charge in [0.2, 0.25) is 0 Å². The summed E-state index contributed by atoms with van der Waals surface area (Å²) in [5, 5.41) is 0.654. The van der Waals surface area contributed by atoms with Crippen molar-refractivity contribution in [2.75, 3.05) is 6.61 Å². The van der Waals surface area contributed by atoms with E-state index in [2.05, 4.69) is 13.8 Å². The molecule has 0 amide bonds. The van der Waals surface area contributed by atoms with E-state index in [9.17, 15) is 4.79 Å². The smallest absolute Gasteiger partial charge is 0.347 e. The Morgan fingerprint density at radius 1 is 1.18 bits per heavy atom. The van der Waals surface area contributed by atoms with E-state index in [1.807, 2.05) is 13.0 Å². The van der Waals surface area contributed by atoms with E-state index >= 15 is 0 Å². The van der Waals surface area contributed by atoms with Gasteiger partial charge in [0.25, 0.3) is 0 Å². The lowest BCUT2D eigenvalue weighted by molar-refractivity contribution is -0.151. The van der Waals surface area contributed by atoms with Gasteiger partial charge in [0.15, 0.2) is 6.10 Å². The van der Waals surface area contributed by atoms with Gasteiger partial charge in [0.1, 0.15) is 5.75 Å². The molecule has 1 aromatic rings. The van der Waals surface area contributed by atoms with Crippen molar-refractivity contribution in [1.82, 2.24) is 0 Å². The van der Waals surface area contributed by atoms with Gasteiger partial charge in [0.05, 0.1) is 6.61 Å². The molecule has 0 aliphatic rings. The summed E-state index contributed by atoms with van der Waals surface area (Å²) in [7, 11) is 0. The summed E-state index contributed by atoms with van der Waals surface area (Å²) >= 11 is 5.90. The van der Waals surface area contributed by atoms with E-state index in [1.54, 1.807) is 19.1 Å². The maximum absolute atomic E-state index is 11.9. The Balaban J connectivity index is 2.27. The Hall–Kier alpha value is -1.22. The number of carbonyl (C=O) groups is 1. The summed E-state index contributed by atoms with van der Waals surface area (Å²) in [6, 6.07) is 5.33. The lowest BCUT2D eigenvalue weighted by Gasteiger charge is -2.15. The van der Waals surface area contributed by atoms with Gasteiger partial charge in [-0.15, -0.1) is 0 Å². The molecule has 0 spiro atoms. The number of hydrogen-bond donors (Lipinski definition) is 0. The summed E-state index contributed by atoms with van der Waals surface area (Å²) in [6.45, 7) is 8.50. The second kappa shape index (κ2) is 9.73. The van der Waals surface area contributed by atoms with Crippen molar-refractivity contribution in [3.63, 3.8) is 0 Å². The Morgan fingerprint density at radius 3 is 2.55 bits per heavy atom. The van der Waals surface area contributed by atoms with Crippen LogP contribution in [-0.4, -0.2) is 18.7 Å². The zero-order chi connectivity index (χ0) is 16.5. The van der Waals surface area contributed by atoms with Crippen LogP contribution in [0.1, 0.15) is 52.0 Å². The van der Waals surface area contributed by atoms with E-state index in [4.69, 9.17) is 21.1 Å². The van der Waals surface area contributed by atoms with Gasteiger partial charge in [0, 0.05) is 5.02 Å². The summed E-state index contributed by atoms with van der Waals surface area (Å²) < 4.78 is 10.9. The molecule has 0 fully saturated rings. The first-order valence-electron chi connectivity index (χ1n) is 7.99. The highest BCUT2D eigenvalue weighted by Gasteiger charge is 2.17. The number of hydrogen-bond acceptors (Lipinski definition) is 3. The van der Waals surface area contributed by atoms with E-state index < -0.39 is 6.10 Å². The number of halogens is 1. The van der Waals surface area contributed by atoms with E-state index in [1.165, 1.54) is 12.8 Å². The molecular formula is C18H27ClO3. The minimum absolute atomic E-state index is 0.321. The molecule has 0 radical (unpaired) electrons. The van der Waals surface area contributed by atoms with Crippen molar-refractivity contribution < 1.29 is 14.3 Å². The number of benzene rings is 1. The van der Waals surface area contributed by atoms with Gasteiger partial charge < -0.3 is 9.47 Å². The Labute approximate surface area is 139 Å². The average molecular weight is 327 g/mol. The van der Waals surface area contributed by atoms with Gasteiger partial charge in [-0.25, -0.2) is 4.79 Å². The highest BCUT2D eigenvalue weighted by atomic mass is 35.5. The highest BCUT2D eigenvalue weighted by molar-refractivity contribution is 6.30. The monoisotopic (exact) mass is 326 g/mol. The van der Waals surface area contributed by atoms with Crippen LogP contribution in [0.4, 0.5) is 0 Å². The van der Waals surface area contributed by atoms with Crippen LogP contribution in [0.5, 0.6) is 5.75 Å². The molecule has 3 nitrogen and oxygen atoms in total. The second-order valence-electron chi connectivity index (χ2n) is 6.08. The largest absolute Gasteiger partial charge is 0.479 e. The normalized spacial score (nSPS) is 12.3. The van der Waals surface area contributed by atoms with Gasteiger partial charge in [-0.05, 0) is 49.9 Å². The van der Waals surface area contributed by atoms with Crippen molar-refractivity contribution in [3.8, 4) is 5.75 Å². The zero-order valence-electron chi connectivity index (χ0n) is 14.0. The molecule has 0 unspecified atom stereocenters. The number of unbranched alkanes of at least 4 members (excludes halogenated alkanes) is 2. The molecule has 0 bridgehead atoms. The predicted molar refractivity (Wildman–Crippen MR) is 90.5 cm³/mol. The van der Waals surface area contributed by atoms with Crippen LogP contribution in [0.25, 0.3) is 0 Å². The Kier molecular flexibility index (Phi) is 8.32. The first kappa shape index (κ1) is 18.8. The molecule has 124 valence electrons. The second-order valence-corrected chi connectivity index (χ2v) is 6.52. The van der Waals surface area contributed by atoms with Crippen molar-refractivity contribution in [2.24, 2.45) is 5.92 Å². The van der Waals surface area contributed by atoms with E-state index in [0.717, 1.165) is 24.3 Å². The van der Waals surface area contributed by atoms with Crippen LogP contribution < -0.4 is 4.74 Å². The minimum atomic E-state index is -0.615. The Morgan fingerprint density at radius 2 is 1.91 bits per heavy atom. The molecule has 1 rings (SSSR count). The third-order valence-electron chi connectivity index (χ3n) is 3.44.